The summed E-state index contributed by atoms with van der Waals surface area (Å²) in [5.74, 6) is -0.471. The van der Waals surface area contributed by atoms with Gasteiger partial charge in [-0.1, -0.05) is 12.2 Å². The molecule has 0 aliphatic carbocycles. The van der Waals surface area contributed by atoms with Gasteiger partial charge in [-0.25, -0.2) is 0 Å². The van der Waals surface area contributed by atoms with Gasteiger partial charge in [0.2, 0.25) is 5.69 Å². The van der Waals surface area contributed by atoms with Crippen molar-refractivity contribution in [1.82, 2.24) is 14.7 Å². The van der Waals surface area contributed by atoms with Crippen LogP contribution in [0.15, 0.2) is 31.5 Å². The summed E-state index contributed by atoms with van der Waals surface area (Å²) >= 11 is 0. The van der Waals surface area contributed by atoms with E-state index in [0.717, 1.165) is 6.20 Å². The SMILES string of the molecule is C=CCN(CC=C)C(=O)c1c([N+](=O)[O-])cnn1C. The smallest absolute Gasteiger partial charge is 0.320 e. The van der Waals surface area contributed by atoms with Crippen LogP contribution in [0.25, 0.3) is 0 Å². The molecule has 7 heteroatoms. The van der Waals surface area contributed by atoms with Crippen LogP contribution < -0.4 is 0 Å². The molecule has 1 aromatic heterocycles. The van der Waals surface area contributed by atoms with Gasteiger partial charge in [-0.15, -0.1) is 13.2 Å². The molecule has 1 heterocycles. The minimum Gasteiger partial charge on any atom is -0.330 e. The van der Waals surface area contributed by atoms with Gasteiger partial charge in [0.1, 0.15) is 6.20 Å². The zero-order valence-corrected chi connectivity index (χ0v) is 10.1. The minimum atomic E-state index is -0.625. The Morgan fingerprint density at radius 2 is 2.11 bits per heavy atom. The van der Waals surface area contributed by atoms with Gasteiger partial charge in [0.25, 0.3) is 5.91 Å². The lowest BCUT2D eigenvalue weighted by Crippen LogP contribution is -2.33. The van der Waals surface area contributed by atoms with Crippen LogP contribution in [0.1, 0.15) is 10.5 Å². The van der Waals surface area contributed by atoms with Crippen LogP contribution in [-0.2, 0) is 7.05 Å². The zero-order valence-electron chi connectivity index (χ0n) is 10.1. The van der Waals surface area contributed by atoms with Crippen LogP contribution in [0.5, 0.6) is 0 Å². The molecule has 0 saturated carbocycles. The number of amides is 1. The van der Waals surface area contributed by atoms with Gasteiger partial charge in [-0.05, 0) is 0 Å². The molecule has 0 atom stereocenters. The van der Waals surface area contributed by atoms with Crippen LogP contribution in [0.3, 0.4) is 0 Å². The molecule has 1 aromatic rings. The van der Waals surface area contributed by atoms with Crippen molar-refractivity contribution in [1.29, 1.82) is 0 Å². The third-order valence-corrected chi connectivity index (χ3v) is 2.30. The molecule has 0 aliphatic rings. The van der Waals surface area contributed by atoms with E-state index in [2.05, 4.69) is 18.3 Å². The van der Waals surface area contributed by atoms with Crippen LogP contribution in [0.2, 0.25) is 0 Å². The first-order chi connectivity index (χ1) is 8.52. The highest BCUT2D eigenvalue weighted by molar-refractivity contribution is 5.96. The molecule has 1 amide bonds. The average molecular weight is 250 g/mol. The number of carbonyl (C=O) groups excluding carboxylic acids is 1. The second kappa shape index (κ2) is 5.76. The van der Waals surface area contributed by atoms with Gasteiger partial charge in [0.05, 0.1) is 4.92 Å². The monoisotopic (exact) mass is 250 g/mol. The predicted molar refractivity (Wildman–Crippen MR) is 66.2 cm³/mol. The van der Waals surface area contributed by atoms with Crippen LogP contribution in [-0.4, -0.2) is 38.6 Å². The van der Waals surface area contributed by atoms with Gasteiger partial charge in [-0.3, -0.25) is 19.6 Å². The molecule has 0 bridgehead atoms. The van der Waals surface area contributed by atoms with Crippen LogP contribution in [0.4, 0.5) is 5.69 Å². The van der Waals surface area contributed by atoms with E-state index in [9.17, 15) is 14.9 Å². The lowest BCUT2D eigenvalue weighted by molar-refractivity contribution is -0.385. The molecule has 0 fully saturated rings. The highest BCUT2D eigenvalue weighted by Gasteiger charge is 2.28. The fraction of sp³-hybridized carbons (Fsp3) is 0.273. The first-order valence-electron chi connectivity index (χ1n) is 5.20. The Morgan fingerprint density at radius 1 is 1.56 bits per heavy atom. The highest BCUT2D eigenvalue weighted by Crippen LogP contribution is 2.18. The third kappa shape index (κ3) is 2.62. The van der Waals surface area contributed by atoms with E-state index in [1.807, 2.05) is 0 Å². The maximum absolute atomic E-state index is 12.2. The minimum absolute atomic E-state index is 0.0521. The van der Waals surface area contributed by atoms with Crippen LogP contribution in [0, 0.1) is 10.1 Å². The Morgan fingerprint density at radius 3 is 2.56 bits per heavy atom. The highest BCUT2D eigenvalue weighted by atomic mass is 16.6. The number of hydrogen-bond donors (Lipinski definition) is 0. The lowest BCUT2D eigenvalue weighted by Gasteiger charge is -2.18. The molecule has 0 aliphatic heterocycles. The lowest BCUT2D eigenvalue weighted by atomic mass is 10.3. The van der Waals surface area contributed by atoms with E-state index >= 15 is 0 Å². The van der Waals surface area contributed by atoms with Gasteiger partial charge in [-0.2, -0.15) is 5.10 Å². The summed E-state index contributed by atoms with van der Waals surface area (Å²) in [6, 6.07) is 0. The average Bonchev–Trinajstić information content (AvgIpc) is 2.70. The Balaban J connectivity index is 3.14. The Kier molecular flexibility index (Phi) is 4.36. The number of aryl methyl sites for hydroxylation is 1. The molecule has 0 spiro atoms. The van der Waals surface area contributed by atoms with Crippen molar-refractivity contribution in [2.45, 2.75) is 0 Å². The van der Waals surface area contributed by atoms with Crippen LogP contribution >= 0.6 is 0 Å². The van der Waals surface area contributed by atoms with Crippen molar-refractivity contribution in [3.8, 4) is 0 Å². The van der Waals surface area contributed by atoms with E-state index in [-0.39, 0.29) is 24.5 Å². The molecule has 0 N–H and O–H groups in total. The zero-order chi connectivity index (χ0) is 13.7. The summed E-state index contributed by atoms with van der Waals surface area (Å²) in [4.78, 5) is 23.8. The van der Waals surface area contributed by atoms with Crippen molar-refractivity contribution in [2.75, 3.05) is 13.1 Å². The van der Waals surface area contributed by atoms with Crippen molar-refractivity contribution < 1.29 is 9.72 Å². The quantitative estimate of drug-likeness (QED) is 0.430. The molecule has 7 nitrogen and oxygen atoms in total. The standard InChI is InChI=1S/C11H14N4O3/c1-4-6-14(7-5-2)11(16)10-9(15(17)18)8-12-13(10)3/h4-5,8H,1-2,6-7H2,3H3. The Labute approximate surface area is 104 Å². The summed E-state index contributed by atoms with van der Waals surface area (Å²) in [7, 11) is 1.49. The number of hydrogen-bond acceptors (Lipinski definition) is 4. The molecule has 18 heavy (non-hydrogen) atoms. The Hall–Kier alpha value is -2.44. The second-order valence-electron chi connectivity index (χ2n) is 3.55. The molecular weight excluding hydrogens is 236 g/mol. The van der Waals surface area contributed by atoms with Crippen molar-refractivity contribution >= 4 is 11.6 Å². The fourth-order valence-corrected chi connectivity index (χ4v) is 1.51. The number of aromatic nitrogens is 2. The first-order valence-corrected chi connectivity index (χ1v) is 5.20. The normalized spacial score (nSPS) is 9.83. The second-order valence-corrected chi connectivity index (χ2v) is 3.55. The molecule has 0 aromatic carbocycles. The van der Waals surface area contributed by atoms with Crippen molar-refractivity contribution in [2.24, 2.45) is 7.05 Å². The number of nitrogens with zero attached hydrogens (tertiary/aromatic N) is 4. The summed E-state index contributed by atoms with van der Waals surface area (Å²) in [6.07, 6.45) is 4.15. The van der Waals surface area contributed by atoms with E-state index in [1.165, 1.54) is 16.6 Å². The topological polar surface area (TPSA) is 81.3 Å². The van der Waals surface area contributed by atoms with Crippen molar-refractivity contribution in [3.63, 3.8) is 0 Å². The van der Waals surface area contributed by atoms with E-state index in [0.29, 0.717) is 0 Å². The molecule has 0 saturated heterocycles. The maximum Gasteiger partial charge on any atom is 0.320 e. The predicted octanol–water partition coefficient (Wildman–Crippen LogP) is 1.14. The Bertz CT molecular complexity index is 482. The molecule has 1 rings (SSSR count). The molecule has 0 radical (unpaired) electrons. The third-order valence-electron chi connectivity index (χ3n) is 2.30. The summed E-state index contributed by atoms with van der Waals surface area (Å²) < 4.78 is 1.19. The molecular formula is C11H14N4O3. The van der Waals surface area contributed by atoms with Gasteiger partial charge in [0, 0.05) is 20.1 Å². The first kappa shape index (κ1) is 13.6. The van der Waals surface area contributed by atoms with E-state index in [4.69, 9.17) is 0 Å². The fourth-order valence-electron chi connectivity index (χ4n) is 1.51. The largest absolute Gasteiger partial charge is 0.330 e. The van der Waals surface area contributed by atoms with Gasteiger partial charge < -0.3 is 4.90 Å². The molecule has 0 unspecified atom stereocenters. The number of carbonyl (C=O) groups is 1. The van der Waals surface area contributed by atoms with Gasteiger partial charge >= 0.3 is 5.69 Å². The summed E-state index contributed by atoms with van der Waals surface area (Å²) in [5.41, 5.74) is -0.357. The van der Waals surface area contributed by atoms with E-state index < -0.39 is 10.8 Å². The van der Waals surface area contributed by atoms with Crippen molar-refractivity contribution in [3.05, 3.63) is 47.3 Å². The molecule has 96 valence electrons. The maximum atomic E-state index is 12.2. The number of nitro groups is 1. The van der Waals surface area contributed by atoms with E-state index in [1.54, 1.807) is 12.2 Å². The van der Waals surface area contributed by atoms with Gasteiger partial charge in [0.15, 0.2) is 0 Å². The number of rotatable bonds is 6. The summed E-state index contributed by atoms with van der Waals surface area (Å²) in [5, 5.41) is 14.6. The summed E-state index contributed by atoms with van der Waals surface area (Å²) in [6.45, 7) is 7.65.